The van der Waals surface area contributed by atoms with E-state index < -0.39 is 11.7 Å². The first-order valence-electron chi connectivity index (χ1n) is 9.47. The van der Waals surface area contributed by atoms with Gasteiger partial charge in [0.25, 0.3) is 0 Å². The monoisotopic (exact) mass is 538 g/mol. The highest BCUT2D eigenvalue weighted by molar-refractivity contribution is 14.0. The Hall–Kier alpha value is -1.89. The number of nitrogens with one attached hydrogen (secondary N) is 2. The summed E-state index contributed by atoms with van der Waals surface area (Å²) in [6, 6.07) is 5.19. The molecular formula is C19H26F3IN6O. The number of aromatic nitrogens is 3. The van der Waals surface area contributed by atoms with E-state index in [-0.39, 0.29) is 36.6 Å². The maximum atomic E-state index is 12.9. The van der Waals surface area contributed by atoms with Crippen LogP contribution in [0, 0.1) is 6.92 Å². The zero-order valence-corrected chi connectivity index (χ0v) is 19.2. The van der Waals surface area contributed by atoms with Crippen molar-refractivity contribution in [2.24, 2.45) is 12.0 Å². The lowest BCUT2D eigenvalue weighted by Crippen LogP contribution is -2.41. The molecule has 1 aromatic heterocycles. The van der Waals surface area contributed by atoms with E-state index >= 15 is 0 Å². The molecule has 1 saturated heterocycles. The zero-order valence-electron chi connectivity index (χ0n) is 16.9. The SMILES string of the molecule is Cc1nnc(CNC(=NCc2cccc(C(F)(F)F)c2)NCC2CCCO2)n1C.I. The third-order valence-electron chi connectivity index (χ3n) is 4.79. The molecule has 2 N–H and O–H groups in total. The van der Waals surface area contributed by atoms with E-state index in [2.05, 4.69) is 25.8 Å². The Morgan fingerprint density at radius 3 is 2.73 bits per heavy atom. The first kappa shape index (κ1) is 24.4. The van der Waals surface area contributed by atoms with E-state index in [1.54, 1.807) is 6.07 Å². The van der Waals surface area contributed by atoms with Gasteiger partial charge in [-0.3, -0.25) is 0 Å². The van der Waals surface area contributed by atoms with Crippen LogP contribution in [0.25, 0.3) is 0 Å². The number of hydrogen-bond acceptors (Lipinski definition) is 4. The van der Waals surface area contributed by atoms with Crippen molar-refractivity contribution in [2.75, 3.05) is 13.2 Å². The quantitative estimate of drug-likeness (QED) is 0.336. The molecule has 2 aromatic rings. The Morgan fingerprint density at radius 1 is 1.30 bits per heavy atom. The Balaban J connectivity index is 0.00000320. The fourth-order valence-corrected chi connectivity index (χ4v) is 2.97. The summed E-state index contributed by atoms with van der Waals surface area (Å²) < 4.78 is 46.2. The van der Waals surface area contributed by atoms with Crippen molar-refractivity contribution in [1.29, 1.82) is 0 Å². The minimum Gasteiger partial charge on any atom is -0.376 e. The molecule has 1 fully saturated rings. The van der Waals surface area contributed by atoms with Crippen LogP contribution in [0.1, 0.15) is 35.6 Å². The van der Waals surface area contributed by atoms with Crippen LogP contribution in [0.2, 0.25) is 0 Å². The lowest BCUT2D eigenvalue weighted by Gasteiger charge is -2.15. The van der Waals surface area contributed by atoms with Gasteiger partial charge in [0, 0.05) is 20.2 Å². The van der Waals surface area contributed by atoms with Crippen molar-refractivity contribution in [1.82, 2.24) is 25.4 Å². The molecule has 11 heteroatoms. The molecule has 0 bridgehead atoms. The van der Waals surface area contributed by atoms with E-state index in [1.807, 2.05) is 18.5 Å². The topological polar surface area (TPSA) is 76.4 Å². The van der Waals surface area contributed by atoms with Gasteiger partial charge >= 0.3 is 6.18 Å². The van der Waals surface area contributed by atoms with Crippen molar-refractivity contribution in [3.8, 4) is 0 Å². The summed E-state index contributed by atoms with van der Waals surface area (Å²) in [6.07, 6.45) is -2.28. The smallest absolute Gasteiger partial charge is 0.376 e. The van der Waals surface area contributed by atoms with Crippen LogP contribution in [-0.4, -0.2) is 40.0 Å². The molecule has 0 saturated carbocycles. The first-order valence-corrected chi connectivity index (χ1v) is 9.47. The molecule has 0 amide bonds. The van der Waals surface area contributed by atoms with E-state index in [9.17, 15) is 13.2 Å². The largest absolute Gasteiger partial charge is 0.416 e. The predicted octanol–water partition coefficient (Wildman–Crippen LogP) is 3.17. The summed E-state index contributed by atoms with van der Waals surface area (Å²) in [4.78, 5) is 4.44. The number of ether oxygens (including phenoxy) is 1. The fourth-order valence-electron chi connectivity index (χ4n) is 2.97. The van der Waals surface area contributed by atoms with Crippen molar-refractivity contribution in [3.05, 3.63) is 47.0 Å². The second-order valence-corrected chi connectivity index (χ2v) is 6.95. The molecule has 1 unspecified atom stereocenters. The third-order valence-corrected chi connectivity index (χ3v) is 4.79. The van der Waals surface area contributed by atoms with Gasteiger partial charge in [-0.1, -0.05) is 12.1 Å². The van der Waals surface area contributed by atoms with Gasteiger partial charge in [0.05, 0.1) is 24.8 Å². The molecule has 2 heterocycles. The highest BCUT2D eigenvalue weighted by atomic mass is 127. The van der Waals surface area contributed by atoms with Crippen LogP contribution >= 0.6 is 24.0 Å². The molecule has 166 valence electrons. The molecule has 1 atom stereocenters. The van der Waals surface area contributed by atoms with Gasteiger partial charge in [0.15, 0.2) is 11.8 Å². The summed E-state index contributed by atoms with van der Waals surface area (Å²) in [6.45, 7) is 3.68. The first-order chi connectivity index (χ1) is 13.8. The van der Waals surface area contributed by atoms with Gasteiger partial charge in [-0.25, -0.2) is 4.99 Å². The molecule has 0 radical (unpaired) electrons. The number of guanidine groups is 1. The Bertz CT molecular complexity index is 849. The van der Waals surface area contributed by atoms with E-state index in [0.717, 1.165) is 43.2 Å². The van der Waals surface area contributed by atoms with Crippen LogP contribution in [0.4, 0.5) is 13.2 Å². The van der Waals surface area contributed by atoms with Gasteiger partial charge in [-0.2, -0.15) is 13.2 Å². The number of halogens is 4. The summed E-state index contributed by atoms with van der Waals surface area (Å²) in [5.41, 5.74) is -0.200. The molecular weight excluding hydrogens is 512 g/mol. The summed E-state index contributed by atoms with van der Waals surface area (Å²) in [5.74, 6) is 2.00. The molecule has 7 nitrogen and oxygen atoms in total. The Morgan fingerprint density at radius 2 is 2.10 bits per heavy atom. The van der Waals surface area contributed by atoms with Crippen LogP contribution in [-0.2, 0) is 31.1 Å². The van der Waals surface area contributed by atoms with Gasteiger partial charge in [0.1, 0.15) is 5.82 Å². The second kappa shape index (κ2) is 10.9. The van der Waals surface area contributed by atoms with Crippen LogP contribution in [0.15, 0.2) is 29.3 Å². The minimum atomic E-state index is -4.37. The van der Waals surface area contributed by atoms with Crippen LogP contribution in [0.5, 0.6) is 0 Å². The summed E-state index contributed by atoms with van der Waals surface area (Å²) in [7, 11) is 1.87. The average molecular weight is 538 g/mol. The number of aliphatic imine (C=N–C) groups is 1. The van der Waals surface area contributed by atoms with Gasteiger partial charge in [-0.15, -0.1) is 34.2 Å². The van der Waals surface area contributed by atoms with Gasteiger partial charge in [0.2, 0.25) is 0 Å². The molecule has 0 spiro atoms. The number of aryl methyl sites for hydroxylation is 1. The van der Waals surface area contributed by atoms with Gasteiger partial charge in [-0.05, 0) is 37.5 Å². The van der Waals surface area contributed by atoms with Crippen molar-refractivity contribution < 1.29 is 17.9 Å². The lowest BCUT2D eigenvalue weighted by atomic mass is 10.1. The maximum Gasteiger partial charge on any atom is 0.416 e. The van der Waals surface area contributed by atoms with E-state index in [1.165, 1.54) is 6.07 Å². The van der Waals surface area contributed by atoms with Crippen LogP contribution in [0.3, 0.4) is 0 Å². The Kier molecular flexibility index (Phi) is 8.89. The maximum absolute atomic E-state index is 12.9. The highest BCUT2D eigenvalue weighted by Gasteiger charge is 2.30. The minimum absolute atomic E-state index is 0. The van der Waals surface area contributed by atoms with Crippen LogP contribution < -0.4 is 10.6 Å². The van der Waals surface area contributed by atoms with Crippen molar-refractivity contribution in [3.63, 3.8) is 0 Å². The third kappa shape index (κ3) is 6.83. The predicted molar refractivity (Wildman–Crippen MR) is 118 cm³/mol. The number of hydrogen-bond donors (Lipinski definition) is 2. The average Bonchev–Trinajstić information content (AvgIpc) is 3.32. The van der Waals surface area contributed by atoms with Crippen molar-refractivity contribution in [2.45, 2.75) is 45.1 Å². The molecule has 0 aliphatic carbocycles. The van der Waals surface area contributed by atoms with Gasteiger partial charge < -0.3 is 19.9 Å². The molecule has 30 heavy (non-hydrogen) atoms. The second-order valence-electron chi connectivity index (χ2n) is 6.95. The zero-order chi connectivity index (χ0) is 20.9. The molecule has 1 aliphatic rings. The number of benzene rings is 1. The van der Waals surface area contributed by atoms with E-state index in [4.69, 9.17) is 4.74 Å². The number of nitrogens with zero attached hydrogens (tertiary/aromatic N) is 4. The fraction of sp³-hybridized carbons (Fsp3) is 0.526. The summed E-state index contributed by atoms with van der Waals surface area (Å²) >= 11 is 0. The lowest BCUT2D eigenvalue weighted by molar-refractivity contribution is -0.137. The van der Waals surface area contributed by atoms with E-state index in [0.29, 0.717) is 24.6 Å². The Labute approximate surface area is 190 Å². The normalized spacial score (nSPS) is 17.0. The van der Waals surface area contributed by atoms with Crippen molar-refractivity contribution >= 4 is 29.9 Å². The summed E-state index contributed by atoms with van der Waals surface area (Å²) in [5, 5.41) is 14.5. The molecule has 1 aromatic carbocycles. The number of alkyl halides is 3. The molecule has 1 aliphatic heterocycles. The molecule has 3 rings (SSSR count). The highest BCUT2D eigenvalue weighted by Crippen LogP contribution is 2.29. The number of rotatable bonds is 6. The standard InChI is InChI=1S/C19H25F3N6O.HI/c1-13-26-27-17(28(13)2)12-25-18(24-11-16-7-4-8-29-16)23-10-14-5-3-6-15(9-14)19(20,21)22;/h3,5-6,9,16H,4,7-8,10-12H2,1-2H3,(H2,23,24,25);1H.